The number of hydrogen-bond acceptors (Lipinski definition) is 0. The van der Waals surface area contributed by atoms with E-state index in [4.69, 9.17) is 0 Å². The molecule has 0 nitrogen and oxygen atoms in total. The molecule has 0 aromatic heterocycles. The predicted octanol–water partition coefficient (Wildman–Crippen LogP) is 6.24. The second-order valence-corrected chi connectivity index (χ2v) is 4.98. The third kappa shape index (κ3) is 6.10. The van der Waals surface area contributed by atoms with Gasteiger partial charge in [-0.05, 0) is 37.0 Å². The third-order valence-corrected chi connectivity index (χ3v) is 3.85. The lowest BCUT2D eigenvalue weighted by atomic mass is 9.91. The Morgan fingerprint density at radius 2 is 1.71 bits per heavy atom. The number of hydrogen-bond donors (Lipinski definition) is 0. The van der Waals surface area contributed by atoms with Gasteiger partial charge in [0.2, 0.25) is 0 Å². The second kappa shape index (κ2) is 10.6. The molecule has 0 heteroatoms. The van der Waals surface area contributed by atoms with Gasteiger partial charge in [0, 0.05) is 0 Å². The zero-order chi connectivity index (χ0) is 11.1. The topological polar surface area (TPSA) is 0 Å². The zero-order valence-electron chi connectivity index (χ0n) is 10.3. The van der Waals surface area contributed by atoms with Gasteiger partial charge in [0.25, 0.3) is 0 Å². The van der Waals surface area contributed by atoms with Crippen LogP contribution in [0.5, 0.6) is 0 Å². The average Bonchev–Trinajstić information content (AvgIpc) is 2.67. The molecule has 0 aromatic carbocycles. The summed E-state index contributed by atoms with van der Waals surface area (Å²) in [7, 11) is 0. The van der Waals surface area contributed by atoms with Crippen molar-refractivity contribution in [3.8, 4) is 0 Å². The quantitative estimate of drug-likeness (QED) is 0.363. The Bertz CT molecular complexity index is 192. The van der Waals surface area contributed by atoms with E-state index in [1.165, 1.54) is 44.9 Å². The molecule has 0 heterocycles. The molecule has 1 rings (SSSR count). The minimum absolute atomic E-state index is 0. The summed E-state index contributed by atoms with van der Waals surface area (Å²) < 4.78 is 0. The minimum Gasteiger partial charge on any atom is -0.103 e. The van der Waals surface area contributed by atoms with Crippen molar-refractivity contribution in [2.24, 2.45) is 17.8 Å². The molecule has 3 atom stereocenters. The number of unbranched alkanes of at least 4 members (excludes halogenated alkanes) is 3. The van der Waals surface area contributed by atoms with Crippen molar-refractivity contribution in [2.75, 3.05) is 0 Å². The summed E-state index contributed by atoms with van der Waals surface area (Å²) >= 11 is 0. The molecule has 0 N–H and O–H groups in total. The van der Waals surface area contributed by atoms with Crippen LogP contribution in [0.2, 0.25) is 0 Å². The Kier molecular flexibility index (Phi) is 11.8. The molecule has 0 aromatic rings. The van der Waals surface area contributed by atoms with Gasteiger partial charge >= 0.3 is 0 Å². The van der Waals surface area contributed by atoms with E-state index in [-0.39, 0.29) is 14.9 Å². The van der Waals surface area contributed by atoms with E-state index in [1.807, 2.05) is 0 Å². The molecule has 1 fully saturated rings. The highest BCUT2D eigenvalue weighted by atomic mass is 14.3. The van der Waals surface area contributed by atoms with Crippen LogP contribution in [0.3, 0.4) is 0 Å². The van der Waals surface area contributed by atoms with Crippen LogP contribution >= 0.6 is 0 Å². The van der Waals surface area contributed by atoms with Crippen LogP contribution < -0.4 is 0 Å². The Labute approximate surface area is 110 Å². The number of rotatable bonds is 7. The highest BCUT2D eigenvalue weighted by Gasteiger charge is 2.29. The van der Waals surface area contributed by atoms with E-state index < -0.39 is 0 Å². The lowest BCUT2D eigenvalue weighted by Gasteiger charge is -2.15. The Morgan fingerprint density at radius 1 is 1.00 bits per heavy atom. The fourth-order valence-corrected chi connectivity index (χ4v) is 2.85. The van der Waals surface area contributed by atoms with Gasteiger partial charge in [-0.2, -0.15) is 0 Å². The van der Waals surface area contributed by atoms with Gasteiger partial charge in [0.15, 0.2) is 0 Å². The summed E-state index contributed by atoms with van der Waals surface area (Å²) in [6, 6.07) is 0. The van der Waals surface area contributed by atoms with Crippen LogP contribution in [-0.4, -0.2) is 0 Å². The van der Waals surface area contributed by atoms with Crippen LogP contribution in [0.25, 0.3) is 0 Å². The van der Waals surface area contributed by atoms with Gasteiger partial charge in [0.1, 0.15) is 0 Å². The molecule has 0 bridgehead atoms. The van der Waals surface area contributed by atoms with Crippen LogP contribution in [0.4, 0.5) is 0 Å². The third-order valence-electron chi connectivity index (χ3n) is 3.85. The van der Waals surface area contributed by atoms with Crippen molar-refractivity contribution in [2.45, 2.75) is 66.7 Å². The smallest absolute Gasteiger partial charge is 0.0202 e. The molecule has 0 radical (unpaired) electrons. The van der Waals surface area contributed by atoms with Gasteiger partial charge < -0.3 is 0 Å². The first-order chi connectivity index (χ1) is 7.31. The van der Waals surface area contributed by atoms with Crippen LogP contribution in [0.15, 0.2) is 25.3 Å². The van der Waals surface area contributed by atoms with E-state index >= 15 is 0 Å². The van der Waals surface area contributed by atoms with Crippen LogP contribution in [-0.2, 0) is 0 Å². The molecule has 3 unspecified atom stereocenters. The van der Waals surface area contributed by atoms with E-state index in [0.29, 0.717) is 0 Å². The highest BCUT2D eigenvalue weighted by Crippen LogP contribution is 2.40. The maximum Gasteiger partial charge on any atom is -0.0202 e. The van der Waals surface area contributed by atoms with Gasteiger partial charge in [-0.25, -0.2) is 0 Å². The maximum atomic E-state index is 3.97. The van der Waals surface area contributed by atoms with Crippen molar-refractivity contribution < 1.29 is 0 Å². The summed E-state index contributed by atoms with van der Waals surface area (Å²) in [6.07, 6.45) is 13.9. The molecule has 1 aliphatic carbocycles. The Balaban J connectivity index is 0. The maximum absolute atomic E-state index is 3.97. The van der Waals surface area contributed by atoms with Gasteiger partial charge in [-0.3, -0.25) is 0 Å². The lowest BCUT2D eigenvalue weighted by Crippen LogP contribution is -2.04. The van der Waals surface area contributed by atoms with Crippen LogP contribution in [0.1, 0.15) is 66.7 Å². The molecule has 1 aliphatic rings. The van der Waals surface area contributed by atoms with E-state index in [2.05, 4.69) is 32.2 Å². The van der Waals surface area contributed by atoms with Crippen molar-refractivity contribution in [1.29, 1.82) is 0 Å². The molecule has 102 valence electrons. The second-order valence-electron chi connectivity index (χ2n) is 4.98. The van der Waals surface area contributed by atoms with Crippen molar-refractivity contribution in [3.63, 3.8) is 0 Å². The zero-order valence-corrected chi connectivity index (χ0v) is 10.3. The first kappa shape index (κ1) is 18.8. The molecule has 0 amide bonds. The van der Waals surface area contributed by atoms with Gasteiger partial charge in [-0.15, -0.1) is 13.2 Å². The van der Waals surface area contributed by atoms with Crippen molar-refractivity contribution in [3.05, 3.63) is 25.3 Å². The normalized spacial score (nSPS) is 26.8. The Hall–Kier alpha value is -0.520. The van der Waals surface area contributed by atoms with E-state index in [1.54, 1.807) is 0 Å². The highest BCUT2D eigenvalue weighted by molar-refractivity contribution is 4.97. The van der Waals surface area contributed by atoms with Crippen molar-refractivity contribution in [1.82, 2.24) is 0 Å². The van der Waals surface area contributed by atoms with Crippen molar-refractivity contribution >= 4 is 0 Å². The van der Waals surface area contributed by atoms with Gasteiger partial charge in [0.05, 0.1) is 0 Å². The van der Waals surface area contributed by atoms with E-state index in [9.17, 15) is 0 Å². The van der Waals surface area contributed by atoms with E-state index in [0.717, 1.165) is 17.8 Å². The summed E-state index contributed by atoms with van der Waals surface area (Å²) in [5.74, 6) is 2.40. The molecule has 0 spiro atoms. The molecular formula is C17H34. The van der Waals surface area contributed by atoms with Gasteiger partial charge in [-0.1, -0.05) is 59.6 Å². The molecular weight excluding hydrogens is 204 g/mol. The first-order valence-corrected chi connectivity index (χ1v) is 6.56. The molecule has 1 saturated carbocycles. The summed E-state index contributed by atoms with van der Waals surface area (Å²) in [5, 5.41) is 0. The Morgan fingerprint density at radius 3 is 2.24 bits per heavy atom. The largest absolute Gasteiger partial charge is 0.103 e. The first-order valence-electron chi connectivity index (χ1n) is 6.56. The average molecular weight is 238 g/mol. The standard InChI is InChI=1S/C15H26.2CH4/c1-4-7-8-9-10-15-12-13(5-2)11-14(15)6-3;;/h5-6,13-15H,2-4,7-12H2,1H3;2*1H4. The molecule has 0 aliphatic heterocycles. The summed E-state index contributed by atoms with van der Waals surface area (Å²) in [4.78, 5) is 0. The van der Waals surface area contributed by atoms with Crippen LogP contribution in [0, 0.1) is 17.8 Å². The fraction of sp³-hybridized carbons (Fsp3) is 0.765. The summed E-state index contributed by atoms with van der Waals surface area (Å²) in [6.45, 7) is 10.2. The minimum atomic E-state index is 0. The predicted molar refractivity (Wildman–Crippen MR) is 82.3 cm³/mol. The SMILES string of the molecule is C.C.C=CC1CC(C=C)C(CCCCCC)C1. The lowest BCUT2D eigenvalue weighted by molar-refractivity contribution is 0.403. The number of allylic oxidation sites excluding steroid dienone is 2. The fourth-order valence-electron chi connectivity index (χ4n) is 2.85. The monoisotopic (exact) mass is 238 g/mol. The molecule has 0 saturated heterocycles. The summed E-state index contributed by atoms with van der Waals surface area (Å²) in [5.41, 5.74) is 0. The molecule has 17 heavy (non-hydrogen) atoms.